The normalized spacial score (nSPS) is 17.9. The molecule has 0 bridgehead atoms. The first kappa shape index (κ1) is 25.6. The molecule has 0 saturated carbocycles. The summed E-state index contributed by atoms with van der Waals surface area (Å²) in [5.74, 6) is 1.02. The summed E-state index contributed by atoms with van der Waals surface area (Å²) in [5.41, 5.74) is 3.17. The molecule has 9 heteroatoms. The molecule has 4 heterocycles. The van der Waals surface area contributed by atoms with Gasteiger partial charge in [-0.2, -0.15) is 0 Å². The Morgan fingerprint density at radius 2 is 1.89 bits per heavy atom. The molecule has 2 aromatic heterocycles. The van der Waals surface area contributed by atoms with Crippen LogP contribution in [0.2, 0.25) is 0 Å². The molecule has 192 valence electrons. The Morgan fingerprint density at radius 1 is 1.14 bits per heavy atom. The first-order valence-corrected chi connectivity index (χ1v) is 13.7. The average molecular weight is 535 g/mol. The van der Waals surface area contributed by atoms with E-state index < -0.39 is 0 Å². The Bertz CT molecular complexity index is 1410. The number of thioether (sulfide) groups is 1. The van der Waals surface area contributed by atoms with E-state index in [-0.39, 0.29) is 11.5 Å². The number of benzene rings is 1. The Hall–Kier alpha value is -3.01. The van der Waals surface area contributed by atoms with Gasteiger partial charge in [-0.1, -0.05) is 60.4 Å². The Labute approximate surface area is 226 Å². The first-order valence-electron chi connectivity index (χ1n) is 12.5. The van der Waals surface area contributed by atoms with E-state index in [4.69, 9.17) is 21.9 Å². The third-order valence-corrected chi connectivity index (χ3v) is 8.39. The number of rotatable bonds is 7. The van der Waals surface area contributed by atoms with Crippen LogP contribution in [0.15, 0.2) is 58.4 Å². The largest absolute Gasteiger partial charge is 0.383 e. The quantitative estimate of drug-likeness (QED) is 0.331. The molecule has 1 amide bonds. The maximum Gasteiger partial charge on any atom is 0.267 e. The number of aromatic nitrogens is 2. The molecule has 0 aliphatic carbocycles. The third-order valence-electron chi connectivity index (χ3n) is 7.01. The third kappa shape index (κ3) is 5.35. The fourth-order valence-electron chi connectivity index (χ4n) is 4.97. The van der Waals surface area contributed by atoms with Crippen molar-refractivity contribution in [3.05, 3.63) is 80.6 Å². The average Bonchev–Trinajstić information content (AvgIpc) is 3.17. The van der Waals surface area contributed by atoms with E-state index in [1.54, 1.807) is 23.8 Å². The van der Waals surface area contributed by atoms with Crippen LogP contribution in [0.1, 0.15) is 29.5 Å². The summed E-state index contributed by atoms with van der Waals surface area (Å²) in [4.78, 5) is 36.0. The lowest BCUT2D eigenvalue weighted by Crippen LogP contribution is -2.37. The van der Waals surface area contributed by atoms with Crippen LogP contribution in [0.4, 0.5) is 5.82 Å². The SMILES string of the molecule is COCCN1C(=O)/C(=C\c2c(N3CCC(Cc4ccccc4)CC3)nc3c(C)cccn3c2=O)SC1=S. The van der Waals surface area contributed by atoms with Crippen molar-refractivity contribution in [2.24, 2.45) is 5.92 Å². The molecule has 2 saturated heterocycles. The summed E-state index contributed by atoms with van der Waals surface area (Å²) in [7, 11) is 1.59. The van der Waals surface area contributed by atoms with Gasteiger partial charge in [-0.05, 0) is 55.4 Å². The number of fused-ring (bicyclic) bond motifs is 1. The number of nitrogens with zero attached hydrogens (tertiary/aromatic N) is 4. The molecule has 7 nitrogen and oxygen atoms in total. The fraction of sp³-hybridized carbons (Fsp3) is 0.357. The summed E-state index contributed by atoms with van der Waals surface area (Å²) in [6.07, 6.45) is 6.50. The molecule has 0 unspecified atom stereocenters. The molecule has 3 aromatic rings. The number of carbonyl (C=O) groups is 1. The van der Waals surface area contributed by atoms with Crippen LogP contribution in [-0.2, 0) is 16.0 Å². The van der Waals surface area contributed by atoms with Crippen LogP contribution in [0.3, 0.4) is 0 Å². The fourth-order valence-corrected chi connectivity index (χ4v) is 6.26. The molecule has 2 aliphatic heterocycles. The summed E-state index contributed by atoms with van der Waals surface area (Å²) in [5, 5.41) is 0. The minimum Gasteiger partial charge on any atom is -0.383 e. The Morgan fingerprint density at radius 3 is 2.62 bits per heavy atom. The van der Waals surface area contributed by atoms with Crippen LogP contribution >= 0.6 is 24.0 Å². The maximum absolute atomic E-state index is 13.7. The number of thiocarbonyl (C=S) groups is 1. The van der Waals surface area contributed by atoms with Gasteiger partial charge in [0.2, 0.25) is 0 Å². The predicted octanol–water partition coefficient (Wildman–Crippen LogP) is 4.31. The molecule has 0 spiro atoms. The standard InChI is InChI=1S/C28H30N4O3S2/c1-19-7-6-12-31-24(19)29-25(30-13-10-21(11-14-30)17-20-8-4-3-5-9-20)22(26(31)33)18-23-27(34)32(15-16-35-2)28(36)37-23/h3-9,12,18,21H,10-11,13-17H2,1-2H3/b23-18+. The lowest BCUT2D eigenvalue weighted by Gasteiger charge is -2.33. The van der Waals surface area contributed by atoms with E-state index in [9.17, 15) is 9.59 Å². The lowest BCUT2D eigenvalue weighted by molar-refractivity contribution is -0.122. The molecule has 0 radical (unpaired) electrons. The van der Waals surface area contributed by atoms with Gasteiger partial charge in [0.05, 0.1) is 23.6 Å². The summed E-state index contributed by atoms with van der Waals surface area (Å²) in [6.45, 7) is 4.35. The van der Waals surface area contributed by atoms with Gasteiger partial charge in [-0.25, -0.2) is 4.98 Å². The minimum atomic E-state index is -0.201. The summed E-state index contributed by atoms with van der Waals surface area (Å²) < 4.78 is 7.17. The van der Waals surface area contributed by atoms with Gasteiger partial charge in [-0.15, -0.1) is 0 Å². The first-order chi connectivity index (χ1) is 18.0. The number of ether oxygens (including phenoxy) is 1. The summed E-state index contributed by atoms with van der Waals surface area (Å²) >= 11 is 6.66. The van der Waals surface area contributed by atoms with Crippen molar-refractivity contribution >= 4 is 51.7 Å². The van der Waals surface area contributed by atoms with E-state index >= 15 is 0 Å². The monoisotopic (exact) mass is 534 g/mol. The van der Waals surface area contributed by atoms with Crippen molar-refractivity contribution < 1.29 is 9.53 Å². The molecule has 0 atom stereocenters. The van der Waals surface area contributed by atoms with Crippen molar-refractivity contribution in [2.75, 3.05) is 38.3 Å². The molecule has 37 heavy (non-hydrogen) atoms. The zero-order valence-electron chi connectivity index (χ0n) is 21.1. The van der Waals surface area contributed by atoms with Crippen molar-refractivity contribution in [3.63, 3.8) is 0 Å². The van der Waals surface area contributed by atoms with Gasteiger partial charge < -0.3 is 9.64 Å². The molecule has 5 rings (SSSR count). The molecular weight excluding hydrogens is 504 g/mol. The number of piperidine rings is 1. The van der Waals surface area contributed by atoms with Crippen LogP contribution < -0.4 is 10.5 Å². The van der Waals surface area contributed by atoms with Crippen molar-refractivity contribution in [3.8, 4) is 0 Å². The molecule has 2 fully saturated rings. The van der Waals surface area contributed by atoms with E-state index in [1.165, 1.54) is 22.2 Å². The van der Waals surface area contributed by atoms with Crippen LogP contribution in [0, 0.1) is 12.8 Å². The minimum absolute atomic E-state index is 0.183. The molecule has 1 aromatic carbocycles. The van der Waals surface area contributed by atoms with Crippen molar-refractivity contribution in [2.45, 2.75) is 26.2 Å². The van der Waals surface area contributed by atoms with Crippen LogP contribution in [-0.4, -0.2) is 57.9 Å². The van der Waals surface area contributed by atoms with E-state index in [2.05, 4.69) is 29.2 Å². The van der Waals surface area contributed by atoms with Crippen molar-refractivity contribution in [1.82, 2.24) is 14.3 Å². The maximum atomic E-state index is 13.7. The highest BCUT2D eigenvalue weighted by Gasteiger charge is 2.33. The van der Waals surface area contributed by atoms with Gasteiger partial charge in [0, 0.05) is 26.4 Å². The van der Waals surface area contributed by atoms with Crippen molar-refractivity contribution in [1.29, 1.82) is 0 Å². The van der Waals surface area contributed by atoms with E-state index in [0.29, 0.717) is 45.3 Å². The molecule has 2 aliphatic rings. The highest BCUT2D eigenvalue weighted by Crippen LogP contribution is 2.34. The van der Waals surface area contributed by atoms with E-state index in [1.807, 2.05) is 25.1 Å². The number of carbonyl (C=O) groups excluding carboxylic acids is 1. The number of anilines is 1. The Kier molecular flexibility index (Phi) is 7.73. The highest BCUT2D eigenvalue weighted by molar-refractivity contribution is 8.26. The zero-order valence-corrected chi connectivity index (χ0v) is 22.7. The zero-order chi connectivity index (χ0) is 25.9. The number of hydrogen-bond acceptors (Lipinski definition) is 7. The van der Waals surface area contributed by atoms with Crippen LogP contribution in [0.5, 0.6) is 0 Å². The van der Waals surface area contributed by atoms with E-state index in [0.717, 1.165) is 37.9 Å². The van der Waals surface area contributed by atoms with Gasteiger partial charge in [0.1, 0.15) is 15.8 Å². The smallest absolute Gasteiger partial charge is 0.267 e. The second kappa shape index (κ2) is 11.2. The second-order valence-electron chi connectivity index (χ2n) is 9.49. The molecular formula is C28H30N4O3S2. The van der Waals surface area contributed by atoms with Gasteiger partial charge in [-0.3, -0.25) is 18.9 Å². The number of pyridine rings is 1. The van der Waals surface area contributed by atoms with Gasteiger partial charge >= 0.3 is 0 Å². The topological polar surface area (TPSA) is 67.2 Å². The number of aryl methyl sites for hydroxylation is 1. The number of amides is 1. The Balaban J connectivity index is 1.48. The number of hydrogen-bond donors (Lipinski definition) is 0. The highest BCUT2D eigenvalue weighted by atomic mass is 32.2. The van der Waals surface area contributed by atoms with Crippen LogP contribution in [0.25, 0.3) is 11.7 Å². The summed E-state index contributed by atoms with van der Waals surface area (Å²) in [6, 6.07) is 14.4. The second-order valence-corrected chi connectivity index (χ2v) is 11.2. The van der Waals surface area contributed by atoms with Gasteiger partial charge in [0.25, 0.3) is 11.5 Å². The molecule has 0 N–H and O–H groups in total. The number of methoxy groups -OCH3 is 1. The lowest BCUT2D eigenvalue weighted by atomic mass is 9.90. The predicted molar refractivity (Wildman–Crippen MR) is 153 cm³/mol. The van der Waals surface area contributed by atoms with Gasteiger partial charge in [0.15, 0.2) is 0 Å².